The molecule has 0 radical (unpaired) electrons. The van der Waals surface area contributed by atoms with Gasteiger partial charge in [0.25, 0.3) is 5.91 Å². The number of hydrogen-bond donors (Lipinski definition) is 2. The number of para-hydroxylation sites is 1. The van der Waals surface area contributed by atoms with Crippen molar-refractivity contribution in [3.8, 4) is 5.75 Å². The number of hydrogen-bond acceptors (Lipinski definition) is 5. The molecule has 7 nitrogen and oxygen atoms in total. The highest BCUT2D eigenvalue weighted by molar-refractivity contribution is 9.10. The molecule has 31 heavy (non-hydrogen) atoms. The first-order chi connectivity index (χ1) is 14.8. The van der Waals surface area contributed by atoms with E-state index in [1.807, 2.05) is 12.1 Å². The Morgan fingerprint density at radius 3 is 2.52 bits per heavy atom. The predicted molar refractivity (Wildman–Crippen MR) is 130 cm³/mol. The zero-order valence-corrected chi connectivity index (χ0v) is 20.2. The van der Waals surface area contributed by atoms with Gasteiger partial charge in [-0.2, -0.15) is 0 Å². The minimum Gasteiger partial charge on any atom is -0.496 e. The van der Waals surface area contributed by atoms with Gasteiger partial charge in [-0.15, -0.1) is 0 Å². The van der Waals surface area contributed by atoms with Crippen molar-refractivity contribution >= 4 is 68.1 Å². The molecular formula is C21H22BrClN4O3S. The van der Waals surface area contributed by atoms with Crippen LogP contribution in [0.1, 0.15) is 17.3 Å². The first-order valence-electron chi connectivity index (χ1n) is 9.55. The van der Waals surface area contributed by atoms with Crippen LogP contribution in [0.3, 0.4) is 0 Å². The lowest BCUT2D eigenvalue weighted by Gasteiger charge is -2.37. The zero-order valence-electron chi connectivity index (χ0n) is 17.1. The molecular weight excluding hydrogens is 504 g/mol. The Balaban J connectivity index is 1.74. The number of halogens is 2. The maximum Gasteiger partial charge on any atom is 0.261 e. The third-order valence-corrected chi connectivity index (χ3v) is 5.91. The van der Waals surface area contributed by atoms with Crippen molar-refractivity contribution in [1.29, 1.82) is 0 Å². The van der Waals surface area contributed by atoms with Gasteiger partial charge in [0.05, 0.1) is 29.1 Å². The number of methoxy groups -OCH3 is 1. The molecule has 1 saturated heterocycles. The largest absolute Gasteiger partial charge is 0.496 e. The smallest absolute Gasteiger partial charge is 0.261 e. The number of thiocarbonyl (C=S) groups is 1. The Labute approximate surface area is 199 Å². The van der Waals surface area contributed by atoms with E-state index >= 15 is 0 Å². The maximum absolute atomic E-state index is 12.7. The van der Waals surface area contributed by atoms with Gasteiger partial charge in [0.15, 0.2) is 5.11 Å². The molecule has 0 aromatic heterocycles. The molecule has 2 aromatic rings. The summed E-state index contributed by atoms with van der Waals surface area (Å²) in [6, 6.07) is 10.6. The average molecular weight is 526 g/mol. The molecule has 1 aliphatic heterocycles. The topological polar surface area (TPSA) is 73.9 Å². The van der Waals surface area contributed by atoms with Gasteiger partial charge >= 0.3 is 0 Å². The van der Waals surface area contributed by atoms with Gasteiger partial charge in [0.2, 0.25) is 5.91 Å². The molecule has 1 heterocycles. The van der Waals surface area contributed by atoms with Crippen molar-refractivity contribution < 1.29 is 14.3 Å². The number of nitrogens with one attached hydrogen (secondary N) is 2. The molecule has 10 heteroatoms. The molecule has 1 fully saturated rings. The predicted octanol–water partition coefficient (Wildman–Crippen LogP) is 3.91. The Morgan fingerprint density at radius 2 is 1.87 bits per heavy atom. The SMILES string of the molecule is COc1ccc(Br)cc1C(=O)NC(=S)Nc1cccc(Cl)c1N1CCN(C(C)=O)CC1. The summed E-state index contributed by atoms with van der Waals surface area (Å²) in [5.41, 5.74) is 1.81. The van der Waals surface area contributed by atoms with Crippen LogP contribution in [0.15, 0.2) is 40.9 Å². The Hall–Kier alpha value is -2.36. The van der Waals surface area contributed by atoms with Crippen LogP contribution in [0.4, 0.5) is 11.4 Å². The van der Waals surface area contributed by atoms with E-state index in [0.29, 0.717) is 48.2 Å². The van der Waals surface area contributed by atoms with Crippen LogP contribution in [0.5, 0.6) is 5.75 Å². The summed E-state index contributed by atoms with van der Waals surface area (Å²) in [4.78, 5) is 28.2. The number of benzene rings is 2. The third-order valence-electron chi connectivity index (χ3n) is 4.91. The number of carbonyl (C=O) groups excluding carboxylic acids is 2. The van der Waals surface area contributed by atoms with Gasteiger partial charge < -0.3 is 19.9 Å². The Morgan fingerprint density at radius 1 is 1.16 bits per heavy atom. The van der Waals surface area contributed by atoms with Gasteiger partial charge in [-0.25, -0.2) is 0 Å². The number of ether oxygens (including phenoxy) is 1. The van der Waals surface area contributed by atoms with E-state index in [4.69, 9.17) is 28.6 Å². The summed E-state index contributed by atoms with van der Waals surface area (Å²) >= 11 is 15.2. The quantitative estimate of drug-likeness (QED) is 0.590. The van der Waals surface area contributed by atoms with E-state index < -0.39 is 5.91 Å². The summed E-state index contributed by atoms with van der Waals surface area (Å²) in [5, 5.41) is 6.46. The lowest BCUT2D eigenvalue weighted by Crippen LogP contribution is -2.48. The van der Waals surface area contributed by atoms with E-state index in [1.165, 1.54) is 7.11 Å². The van der Waals surface area contributed by atoms with Crippen molar-refractivity contribution in [3.63, 3.8) is 0 Å². The second kappa shape index (κ2) is 10.3. The minimum atomic E-state index is -0.394. The van der Waals surface area contributed by atoms with Gasteiger partial charge in [-0.1, -0.05) is 33.6 Å². The van der Waals surface area contributed by atoms with E-state index in [9.17, 15) is 9.59 Å². The lowest BCUT2D eigenvalue weighted by atomic mass is 10.2. The first-order valence-corrected chi connectivity index (χ1v) is 11.1. The van der Waals surface area contributed by atoms with Gasteiger partial charge in [0, 0.05) is 37.6 Å². The van der Waals surface area contributed by atoms with Crippen molar-refractivity contribution in [2.24, 2.45) is 0 Å². The second-order valence-corrected chi connectivity index (χ2v) is 8.61. The normalized spacial score (nSPS) is 13.5. The molecule has 1 aliphatic rings. The fraction of sp³-hybridized carbons (Fsp3) is 0.286. The first kappa shape index (κ1) is 23.3. The molecule has 0 aliphatic carbocycles. The number of rotatable bonds is 4. The zero-order chi connectivity index (χ0) is 22.5. The van der Waals surface area contributed by atoms with Crippen molar-refractivity contribution in [2.45, 2.75) is 6.92 Å². The van der Waals surface area contributed by atoms with Crippen LogP contribution in [0, 0.1) is 0 Å². The second-order valence-electron chi connectivity index (χ2n) is 6.88. The van der Waals surface area contributed by atoms with Crippen molar-refractivity contribution in [3.05, 3.63) is 51.5 Å². The average Bonchev–Trinajstić information content (AvgIpc) is 2.74. The third kappa shape index (κ3) is 5.66. The molecule has 2 aromatic carbocycles. The number of amides is 2. The standard InChI is InChI=1S/C21H22BrClN4O3S/c1-13(28)26-8-10-27(11-9-26)19-16(23)4-3-5-17(19)24-21(31)25-20(29)15-12-14(22)6-7-18(15)30-2/h3-7,12H,8-11H2,1-2H3,(H2,24,25,29,31). The van der Waals surface area contributed by atoms with Crippen molar-refractivity contribution in [2.75, 3.05) is 43.5 Å². The van der Waals surface area contributed by atoms with Crippen LogP contribution in [-0.4, -0.2) is 55.1 Å². The fourth-order valence-electron chi connectivity index (χ4n) is 3.36. The van der Waals surface area contributed by atoms with E-state index in [-0.39, 0.29) is 11.0 Å². The maximum atomic E-state index is 12.7. The van der Waals surface area contributed by atoms with E-state index in [2.05, 4.69) is 31.5 Å². The fourth-order valence-corrected chi connectivity index (χ4v) is 4.22. The van der Waals surface area contributed by atoms with Crippen LogP contribution in [0.2, 0.25) is 5.02 Å². The highest BCUT2D eigenvalue weighted by atomic mass is 79.9. The molecule has 2 N–H and O–H groups in total. The summed E-state index contributed by atoms with van der Waals surface area (Å²) < 4.78 is 6.01. The van der Waals surface area contributed by atoms with E-state index in [1.54, 1.807) is 36.1 Å². The van der Waals surface area contributed by atoms with Crippen LogP contribution in [0.25, 0.3) is 0 Å². The molecule has 0 spiro atoms. The Kier molecular flexibility index (Phi) is 7.74. The highest BCUT2D eigenvalue weighted by Gasteiger charge is 2.23. The Bertz CT molecular complexity index is 1010. The van der Waals surface area contributed by atoms with Gasteiger partial charge in [-0.05, 0) is 42.5 Å². The van der Waals surface area contributed by atoms with Gasteiger partial charge in [0.1, 0.15) is 5.75 Å². The molecule has 3 rings (SSSR count). The molecule has 164 valence electrons. The summed E-state index contributed by atoms with van der Waals surface area (Å²) in [7, 11) is 1.50. The lowest BCUT2D eigenvalue weighted by molar-refractivity contribution is -0.129. The van der Waals surface area contributed by atoms with E-state index in [0.717, 1.165) is 10.2 Å². The molecule has 0 unspecified atom stereocenters. The summed E-state index contributed by atoms with van der Waals surface area (Å²) in [5.74, 6) is 0.105. The van der Waals surface area contributed by atoms with Crippen molar-refractivity contribution in [1.82, 2.24) is 10.2 Å². The van der Waals surface area contributed by atoms with Crippen LogP contribution >= 0.6 is 39.7 Å². The number of piperazine rings is 1. The molecule has 0 atom stereocenters. The van der Waals surface area contributed by atoms with Crippen LogP contribution < -0.4 is 20.3 Å². The number of nitrogens with zero attached hydrogens (tertiary/aromatic N) is 2. The monoisotopic (exact) mass is 524 g/mol. The minimum absolute atomic E-state index is 0.0593. The highest BCUT2D eigenvalue weighted by Crippen LogP contribution is 2.34. The molecule has 0 bridgehead atoms. The van der Waals surface area contributed by atoms with Crippen LogP contribution in [-0.2, 0) is 4.79 Å². The number of carbonyl (C=O) groups is 2. The molecule has 2 amide bonds. The number of anilines is 2. The summed E-state index contributed by atoms with van der Waals surface area (Å²) in [6.45, 7) is 4.09. The summed E-state index contributed by atoms with van der Waals surface area (Å²) in [6.07, 6.45) is 0. The van der Waals surface area contributed by atoms with Gasteiger partial charge in [-0.3, -0.25) is 14.9 Å². The molecule has 0 saturated carbocycles.